The topological polar surface area (TPSA) is 125 Å². The molecule has 2 aliphatic heterocycles. The molecule has 36 heavy (non-hydrogen) atoms. The van der Waals surface area contributed by atoms with Crippen molar-refractivity contribution in [3.8, 4) is 45.8 Å². The molecule has 0 unspecified atom stereocenters. The third-order valence-electron chi connectivity index (χ3n) is 6.33. The SMILES string of the molecule is COc1cc([C@H]2CC(=O)Oc3cc(O)c4c(=O)cc(-c5ccc(O)cc5)oc4c32)cc2c1OCCO2. The fourth-order valence-electron chi connectivity index (χ4n) is 4.71. The van der Waals surface area contributed by atoms with Gasteiger partial charge in [0.25, 0.3) is 0 Å². The Morgan fingerprint density at radius 2 is 1.72 bits per heavy atom. The van der Waals surface area contributed by atoms with Crippen molar-refractivity contribution in [1.29, 1.82) is 0 Å². The summed E-state index contributed by atoms with van der Waals surface area (Å²) in [7, 11) is 1.51. The van der Waals surface area contributed by atoms with Crippen LogP contribution in [0.5, 0.6) is 34.5 Å². The maximum absolute atomic E-state index is 13.1. The van der Waals surface area contributed by atoms with Crippen molar-refractivity contribution >= 4 is 16.9 Å². The smallest absolute Gasteiger partial charge is 0.312 e. The molecule has 182 valence electrons. The summed E-state index contributed by atoms with van der Waals surface area (Å²) < 4.78 is 28.6. The van der Waals surface area contributed by atoms with E-state index in [4.69, 9.17) is 23.4 Å². The third-order valence-corrected chi connectivity index (χ3v) is 6.33. The summed E-state index contributed by atoms with van der Waals surface area (Å²) in [6, 6.07) is 12.2. The third kappa shape index (κ3) is 3.48. The Balaban J connectivity index is 1.61. The van der Waals surface area contributed by atoms with Crippen molar-refractivity contribution in [3.63, 3.8) is 0 Å². The van der Waals surface area contributed by atoms with Crippen LogP contribution < -0.4 is 24.4 Å². The van der Waals surface area contributed by atoms with Gasteiger partial charge in [-0.15, -0.1) is 0 Å². The number of benzene rings is 3. The molecule has 0 saturated heterocycles. The van der Waals surface area contributed by atoms with Gasteiger partial charge in [0.1, 0.15) is 47.2 Å². The average Bonchev–Trinajstić information content (AvgIpc) is 2.87. The lowest BCUT2D eigenvalue weighted by Gasteiger charge is -2.28. The first-order valence-electron chi connectivity index (χ1n) is 11.2. The standard InChI is InChI=1S/C27H20O9/c1-32-21-8-14(9-22-26(21)34-7-6-33-22)16-10-23(31)35-20-12-18(30)25-17(29)11-19(36-27(25)24(16)20)13-2-4-15(28)5-3-13/h2-5,8-9,11-12,16,28,30H,6-7,10H2,1H3/t16-/m1/s1. The number of phenols is 2. The Labute approximate surface area is 204 Å². The van der Waals surface area contributed by atoms with Gasteiger partial charge in [0.05, 0.1) is 13.5 Å². The normalized spacial score (nSPS) is 16.4. The molecule has 0 aliphatic carbocycles. The van der Waals surface area contributed by atoms with Gasteiger partial charge in [0, 0.05) is 29.2 Å². The quantitative estimate of drug-likeness (QED) is 0.324. The minimum Gasteiger partial charge on any atom is -0.508 e. The highest BCUT2D eigenvalue weighted by molar-refractivity contribution is 5.93. The summed E-state index contributed by atoms with van der Waals surface area (Å²) >= 11 is 0. The van der Waals surface area contributed by atoms with Gasteiger partial charge in [-0.2, -0.15) is 0 Å². The van der Waals surface area contributed by atoms with Crippen LogP contribution in [-0.2, 0) is 4.79 Å². The van der Waals surface area contributed by atoms with E-state index in [1.165, 1.54) is 31.4 Å². The number of aromatic hydroxyl groups is 2. The van der Waals surface area contributed by atoms with E-state index in [2.05, 4.69) is 0 Å². The fraction of sp³-hybridized carbons (Fsp3) is 0.185. The van der Waals surface area contributed by atoms with Crippen LogP contribution in [0, 0.1) is 0 Å². The summed E-state index contributed by atoms with van der Waals surface area (Å²) in [4.78, 5) is 25.7. The number of methoxy groups -OCH3 is 1. The predicted molar refractivity (Wildman–Crippen MR) is 127 cm³/mol. The summed E-state index contributed by atoms with van der Waals surface area (Å²) in [5.74, 6) is 0.339. The van der Waals surface area contributed by atoms with Crippen molar-refractivity contribution in [3.05, 3.63) is 69.9 Å². The molecule has 3 aromatic carbocycles. The van der Waals surface area contributed by atoms with Gasteiger partial charge in [-0.25, -0.2) is 0 Å². The first-order valence-corrected chi connectivity index (χ1v) is 11.2. The van der Waals surface area contributed by atoms with Gasteiger partial charge in [0.15, 0.2) is 16.9 Å². The Morgan fingerprint density at radius 3 is 2.50 bits per heavy atom. The van der Waals surface area contributed by atoms with Gasteiger partial charge < -0.3 is 33.6 Å². The number of hydrogen-bond donors (Lipinski definition) is 2. The van der Waals surface area contributed by atoms with Crippen molar-refractivity contribution in [2.24, 2.45) is 0 Å². The molecule has 1 aromatic heterocycles. The van der Waals surface area contributed by atoms with Crippen LogP contribution in [-0.4, -0.2) is 36.5 Å². The van der Waals surface area contributed by atoms with E-state index >= 15 is 0 Å². The highest BCUT2D eigenvalue weighted by atomic mass is 16.6. The number of fused-ring (bicyclic) bond motifs is 4. The van der Waals surface area contributed by atoms with Crippen LogP contribution in [0.4, 0.5) is 0 Å². The number of hydrogen-bond acceptors (Lipinski definition) is 9. The van der Waals surface area contributed by atoms with E-state index in [0.717, 1.165) is 0 Å². The zero-order valence-corrected chi connectivity index (χ0v) is 19.1. The molecule has 2 aliphatic rings. The number of esters is 1. The maximum Gasteiger partial charge on any atom is 0.312 e. The van der Waals surface area contributed by atoms with Crippen LogP contribution in [0.3, 0.4) is 0 Å². The lowest BCUT2D eigenvalue weighted by Crippen LogP contribution is -2.22. The second-order valence-corrected chi connectivity index (χ2v) is 8.51. The first kappa shape index (κ1) is 21.8. The van der Waals surface area contributed by atoms with E-state index in [1.807, 2.05) is 0 Å². The molecule has 0 bridgehead atoms. The predicted octanol–water partition coefficient (Wildman–Crippen LogP) is 4.09. The molecular weight excluding hydrogens is 468 g/mol. The number of phenolic OH excluding ortho intramolecular Hbond substituents is 2. The summed E-state index contributed by atoms with van der Waals surface area (Å²) in [5.41, 5.74) is 1.30. The summed E-state index contributed by atoms with van der Waals surface area (Å²) in [6.07, 6.45) is -0.0389. The zero-order valence-electron chi connectivity index (χ0n) is 19.1. The van der Waals surface area contributed by atoms with E-state index < -0.39 is 17.3 Å². The molecule has 4 aromatic rings. The molecule has 9 nitrogen and oxygen atoms in total. The van der Waals surface area contributed by atoms with Crippen molar-refractivity contribution in [1.82, 2.24) is 0 Å². The van der Waals surface area contributed by atoms with Crippen molar-refractivity contribution in [2.45, 2.75) is 12.3 Å². The van der Waals surface area contributed by atoms with Crippen LogP contribution in [0.15, 0.2) is 57.7 Å². The van der Waals surface area contributed by atoms with E-state index in [9.17, 15) is 19.8 Å². The van der Waals surface area contributed by atoms with E-state index in [0.29, 0.717) is 47.2 Å². The largest absolute Gasteiger partial charge is 0.508 e. The molecule has 3 heterocycles. The highest BCUT2D eigenvalue weighted by Crippen LogP contribution is 2.49. The van der Waals surface area contributed by atoms with Gasteiger partial charge in [-0.3, -0.25) is 9.59 Å². The minimum atomic E-state index is -0.590. The molecule has 1 atom stereocenters. The molecule has 0 spiro atoms. The molecule has 0 radical (unpaired) electrons. The molecule has 0 amide bonds. The molecule has 2 N–H and O–H groups in total. The fourth-order valence-corrected chi connectivity index (χ4v) is 4.71. The summed E-state index contributed by atoms with van der Waals surface area (Å²) in [5, 5.41) is 20.3. The van der Waals surface area contributed by atoms with Crippen LogP contribution in [0.1, 0.15) is 23.5 Å². The van der Waals surface area contributed by atoms with Gasteiger partial charge >= 0.3 is 5.97 Å². The van der Waals surface area contributed by atoms with Gasteiger partial charge in [-0.1, -0.05) is 0 Å². The molecular formula is C27H20O9. The number of carbonyl (C=O) groups is 1. The van der Waals surface area contributed by atoms with Crippen LogP contribution in [0.2, 0.25) is 0 Å². The molecule has 0 fully saturated rings. The average molecular weight is 488 g/mol. The van der Waals surface area contributed by atoms with Crippen molar-refractivity contribution < 1.29 is 38.4 Å². The second kappa shape index (κ2) is 8.23. The number of rotatable bonds is 3. The first-order chi connectivity index (χ1) is 17.4. The number of ether oxygens (including phenoxy) is 4. The van der Waals surface area contributed by atoms with Crippen molar-refractivity contribution in [2.75, 3.05) is 20.3 Å². The lowest BCUT2D eigenvalue weighted by atomic mass is 9.84. The Kier molecular flexibility index (Phi) is 4.99. The Bertz CT molecular complexity index is 1570. The van der Waals surface area contributed by atoms with E-state index in [1.54, 1.807) is 24.3 Å². The Morgan fingerprint density at radius 1 is 0.944 bits per heavy atom. The van der Waals surface area contributed by atoms with Gasteiger partial charge in [-0.05, 0) is 42.0 Å². The number of carbonyl (C=O) groups excluding carboxylic acids is 1. The Hall–Kier alpha value is -4.66. The van der Waals surface area contributed by atoms with Crippen LogP contribution in [0.25, 0.3) is 22.3 Å². The second-order valence-electron chi connectivity index (χ2n) is 8.51. The molecule has 6 rings (SSSR count). The lowest BCUT2D eigenvalue weighted by molar-refractivity contribution is -0.135. The summed E-state index contributed by atoms with van der Waals surface area (Å²) in [6.45, 7) is 0.751. The van der Waals surface area contributed by atoms with Gasteiger partial charge in [0.2, 0.25) is 5.75 Å². The monoisotopic (exact) mass is 488 g/mol. The van der Waals surface area contributed by atoms with E-state index in [-0.39, 0.29) is 40.4 Å². The maximum atomic E-state index is 13.1. The highest BCUT2D eigenvalue weighted by Gasteiger charge is 2.35. The minimum absolute atomic E-state index is 0.0243. The van der Waals surface area contributed by atoms with Crippen LogP contribution >= 0.6 is 0 Å². The molecule has 9 heteroatoms. The zero-order chi connectivity index (χ0) is 25.0. The molecule has 0 saturated carbocycles.